The van der Waals surface area contributed by atoms with Crippen LogP contribution in [0.5, 0.6) is 5.75 Å². The van der Waals surface area contributed by atoms with Crippen molar-refractivity contribution in [2.45, 2.75) is 6.42 Å². The van der Waals surface area contributed by atoms with E-state index in [1.807, 2.05) is 0 Å². The fourth-order valence-corrected chi connectivity index (χ4v) is 2.30. The quantitative estimate of drug-likeness (QED) is 0.675. The zero-order chi connectivity index (χ0) is 13.6. The van der Waals surface area contributed by atoms with E-state index in [1.54, 1.807) is 24.3 Å². The van der Waals surface area contributed by atoms with Gasteiger partial charge in [-0.15, -0.1) is 0 Å². The summed E-state index contributed by atoms with van der Waals surface area (Å²) in [6.07, 6.45) is -0.166. The molecule has 0 fully saturated rings. The molecule has 0 heterocycles. The maximum Gasteiger partial charge on any atom is 0.218 e. The lowest BCUT2D eigenvalue weighted by Crippen LogP contribution is -2.21. The second kappa shape index (κ2) is 6.25. The summed E-state index contributed by atoms with van der Waals surface area (Å²) >= 11 is 0. The lowest BCUT2D eigenvalue weighted by molar-refractivity contribution is -0.117. The highest BCUT2D eigenvalue weighted by Gasteiger charge is 2.12. The molecule has 1 aromatic rings. The van der Waals surface area contributed by atoms with Crippen molar-refractivity contribution in [1.82, 2.24) is 0 Å². The molecule has 1 amide bonds. The Bertz CT molecular complexity index is 514. The first kappa shape index (κ1) is 14.3. The molecule has 0 aliphatic rings. The van der Waals surface area contributed by atoms with Crippen LogP contribution in [0.2, 0.25) is 0 Å². The van der Waals surface area contributed by atoms with Crippen molar-refractivity contribution in [3.8, 4) is 5.75 Å². The predicted molar refractivity (Wildman–Crippen MR) is 68.8 cm³/mol. The number of sulfone groups is 1. The lowest BCUT2D eigenvalue weighted by atomic mass is 10.3. The molecule has 1 aromatic carbocycles. The molecular formula is C11H16N2O4S. The maximum atomic E-state index is 11.5. The van der Waals surface area contributed by atoms with Crippen LogP contribution < -0.4 is 16.2 Å². The standard InChI is InChI=1S/C11H16N2O4S/c12-9-2-1-3-10(8-9)17-5-7-18(15,16)6-4-11(13)14/h1-3,8H,4-7,12H2,(H2,13,14). The number of benzene rings is 1. The molecule has 7 heteroatoms. The first-order valence-corrected chi connectivity index (χ1v) is 7.18. The number of ether oxygens (including phenoxy) is 1. The zero-order valence-corrected chi connectivity index (χ0v) is 10.7. The van der Waals surface area contributed by atoms with Gasteiger partial charge in [0.15, 0.2) is 9.84 Å². The molecule has 4 N–H and O–H groups in total. The Morgan fingerprint density at radius 2 is 2.00 bits per heavy atom. The van der Waals surface area contributed by atoms with E-state index in [9.17, 15) is 13.2 Å². The number of carbonyl (C=O) groups excluding carboxylic acids is 1. The third-order valence-electron chi connectivity index (χ3n) is 2.18. The van der Waals surface area contributed by atoms with Gasteiger partial charge in [-0.25, -0.2) is 8.42 Å². The summed E-state index contributed by atoms with van der Waals surface area (Å²) < 4.78 is 28.2. The van der Waals surface area contributed by atoms with Gasteiger partial charge in [0.1, 0.15) is 12.4 Å². The van der Waals surface area contributed by atoms with Crippen molar-refractivity contribution in [1.29, 1.82) is 0 Å². The Hall–Kier alpha value is -1.76. The van der Waals surface area contributed by atoms with Crippen LogP contribution in [0.3, 0.4) is 0 Å². The molecule has 6 nitrogen and oxygen atoms in total. The smallest absolute Gasteiger partial charge is 0.218 e. The van der Waals surface area contributed by atoms with Crippen molar-refractivity contribution in [3.05, 3.63) is 24.3 Å². The van der Waals surface area contributed by atoms with Gasteiger partial charge in [-0.2, -0.15) is 0 Å². The van der Waals surface area contributed by atoms with Crippen molar-refractivity contribution in [2.24, 2.45) is 5.73 Å². The number of primary amides is 1. The third-order valence-corrected chi connectivity index (χ3v) is 3.80. The molecule has 0 saturated heterocycles. The van der Waals surface area contributed by atoms with Gasteiger partial charge >= 0.3 is 0 Å². The molecule has 0 saturated carbocycles. The van der Waals surface area contributed by atoms with Crippen LogP contribution in [-0.2, 0) is 14.6 Å². The van der Waals surface area contributed by atoms with Gasteiger partial charge < -0.3 is 16.2 Å². The second-order valence-corrected chi connectivity index (χ2v) is 6.09. The summed E-state index contributed by atoms with van der Waals surface area (Å²) in [7, 11) is -3.31. The maximum absolute atomic E-state index is 11.5. The van der Waals surface area contributed by atoms with E-state index in [1.165, 1.54) is 0 Å². The SMILES string of the molecule is NC(=O)CCS(=O)(=O)CCOc1cccc(N)c1. The van der Waals surface area contributed by atoms with Crippen LogP contribution in [0.15, 0.2) is 24.3 Å². The van der Waals surface area contributed by atoms with Gasteiger partial charge in [0.05, 0.1) is 11.5 Å². The fourth-order valence-electron chi connectivity index (χ4n) is 1.25. The van der Waals surface area contributed by atoms with E-state index >= 15 is 0 Å². The van der Waals surface area contributed by atoms with Crippen LogP contribution in [0, 0.1) is 0 Å². The van der Waals surface area contributed by atoms with Gasteiger partial charge in [-0.3, -0.25) is 4.79 Å². The highest BCUT2D eigenvalue weighted by molar-refractivity contribution is 7.91. The van der Waals surface area contributed by atoms with Crippen molar-refractivity contribution in [2.75, 3.05) is 23.8 Å². The zero-order valence-electron chi connectivity index (χ0n) is 9.83. The molecule has 0 bridgehead atoms. The molecule has 0 unspecified atom stereocenters. The summed E-state index contributed by atoms with van der Waals surface area (Å²) in [6.45, 7) is 0.0184. The number of hydrogen-bond donors (Lipinski definition) is 2. The van der Waals surface area contributed by atoms with Crippen molar-refractivity contribution >= 4 is 21.4 Å². The van der Waals surface area contributed by atoms with E-state index in [4.69, 9.17) is 16.2 Å². The number of anilines is 1. The van der Waals surface area contributed by atoms with Crippen molar-refractivity contribution < 1.29 is 17.9 Å². The minimum absolute atomic E-state index is 0.0184. The Labute approximate surface area is 106 Å². The van der Waals surface area contributed by atoms with Crippen LogP contribution in [0.1, 0.15) is 6.42 Å². The summed E-state index contributed by atoms with van der Waals surface area (Å²) in [6, 6.07) is 6.71. The van der Waals surface area contributed by atoms with E-state index < -0.39 is 15.7 Å². The van der Waals surface area contributed by atoms with Gasteiger partial charge in [0.2, 0.25) is 5.91 Å². The first-order chi connectivity index (χ1) is 8.39. The Morgan fingerprint density at radius 1 is 1.28 bits per heavy atom. The summed E-state index contributed by atoms with van der Waals surface area (Å²) in [5, 5.41) is 0. The highest BCUT2D eigenvalue weighted by atomic mass is 32.2. The normalized spacial score (nSPS) is 11.1. The summed E-state index contributed by atoms with van der Waals surface area (Å²) in [5.74, 6) is -0.520. The molecule has 0 aromatic heterocycles. The minimum Gasteiger partial charge on any atom is -0.492 e. The van der Waals surface area contributed by atoms with Crippen LogP contribution >= 0.6 is 0 Å². The Kier molecular flexibility index (Phi) is 4.96. The molecule has 0 aliphatic heterocycles. The van der Waals surface area contributed by atoms with Crippen molar-refractivity contribution in [3.63, 3.8) is 0 Å². The van der Waals surface area contributed by atoms with E-state index in [-0.39, 0.29) is 24.5 Å². The lowest BCUT2D eigenvalue weighted by Gasteiger charge is -2.07. The molecule has 0 aliphatic carbocycles. The number of rotatable bonds is 7. The molecule has 18 heavy (non-hydrogen) atoms. The molecule has 100 valence electrons. The minimum atomic E-state index is -3.31. The second-order valence-electron chi connectivity index (χ2n) is 3.79. The van der Waals surface area contributed by atoms with Gasteiger partial charge in [0, 0.05) is 18.2 Å². The summed E-state index contributed by atoms with van der Waals surface area (Å²) in [5.41, 5.74) is 11.0. The summed E-state index contributed by atoms with van der Waals surface area (Å²) in [4.78, 5) is 10.5. The molecule has 0 atom stereocenters. The topological polar surface area (TPSA) is 112 Å². The molecular weight excluding hydrogens is 256 g/mol. The monoisotopic (exact) mass is 272 g/mol. The number of carbonyl (C=O) groups is 1. The van der Waals surface area contributed by atoms with E-state index in [0.717, 1.165) is 0 Å². The molecule has 0 spiro atoms. The van der Waals surface area contributed by atoms with Gasteiger partial charge in [-0.1, -0.05) is 6.07 Å². The van der Waals surface area contributed by atoms with Gasteiger partial charge in [-0.05, 0) is 12.1 Å². The third kappa shape index (κ3) is 5.53. The van der Waals surface area contributed by atoms with Crippen LogP contribution in [0.25, 0.3) is 0 Å². The molecule has 0 radical (unpaired) electrons. The number of nitrogen functional groups attached to an aromatic ring is 1. The van der Waals surface area contributed by atoms with Gasteiger partial charge in [0.25, 0.3) is 0 Å². The number of amides is 1. The van der Waals surface area contributed by atoms with Crippen LogP contribution in [-0.4, -0.2) is 32.4 Å². The first-order valence-electron chi connectivity index (χ1n) is 5.36. The highest BCUT2D eigenvalue weighted by Crippen LogP contribution is 2.14. The molecule has 1 rings (SSSR count). The van der Waals surface area contributed by atoms with Crippen LogP contribution in [0.4, 0.5) is 5.69 Å². The average molecular weight is 272 g/mol. The number of nitrogens with two attached hydrogens (primary N) is 2. The number of hydrogen-bond acceptors (Lipinski definition) is 5. The largest absolute Gasteiger partial charge is 0.492 e. The Morgan fingerprint density at radius 3 is 2.61 bits per heavy atom. The fraction of sp³-hybridized carbons (Fsp3) is 0.364. The average Bonchev–Trinajstić information content (AvgIpc) is 2.26. The van der Waals surface area contributed by atoms with E-state index in [0.29, 0.717) is 11.4 Å². The predicted octanol–water partition coefficient (Wildman–Crippen LogP) is -0.0622. The van der Waals surface area contributed by atoms with E-state index in [2.05, 4.69) is 0 Å². The Balaban J connectivity index is 2.39.